The van der Waals surface area contributed by atoms with Crippen LogP contribution >= 0.6 is 11.3 Å². The van der Waals surface area contributed by atoms with Crippen molar-refractivity contribution < 1.29 is 18.7 Å². The Morgan fingerprint density at radius 3 is 2.84 bits per heavy atom. The summed E-state index contributed by atoms with van der Waals surface area (Å²) in [6.45, 7) is 7.29. The van der Waals surface area contributed by atoms with Crippen LogP contribution in [0, 0.1) is 5.82 Å². The SMILES string of the molecule is C=CCN(CC(=O)N1CCc2sccc2C1COc1ccc(F)cc1)C(=O)NCCC. The minimum Gasteiger partial charge on any atom is -0.491 e. The number of carbonyl (C=O) groups is 2. The van der Waals surface area contributed by atoms with Gasteiger partial charge in [0, 0.05) is 24.5 Å². The van der Waals surface area contributed by atoms with Crippen LogP contribution in [0.4, 0.5) is 9.18 Å². The van der Waals surface area contributed by atoms with Crippen molar-refractivity contribution in [1.82, 2.24) is 15.1 Å². The molecule has 0 spiro atoms. The largest absolute Gasteiger partial charge is 0.491 e. The van der Waals surface area contributed by atoms with E-state index in [1.807, 2.05) is 18.4 Å². The number of halogens is 1. The maximum Gasteiger partial charge on any atom is 0.318 e. The zero-order chi connectivity index (χ0) is 22.2. The average molecular weight is 446 g/mol. The number of nitrogens with zero attached hydrogens (tertiary/aromatic N) is 2. The molecule has 31 heavy (non-hydrogen) atoms. The molecule has 0 radical (unpaired) electrons. The number of thiophene rings is 1. The molecule has 8 heteroatoms. The summed E-state index contributed by atoms with van der Waals surface area (Å²) in [4.78, 5) is 30.1. The number of nitrogens with one attached hydrogen (secondary N) is 1. The summed E-state index contributed by atoms with van der Waals surface area (Å²) in [5, 5.41) is 4.83. The maximum atomic E-state index is 13.2. The van der Waals surface area contributed by atoms with E-state index in [4.69, 9.17) is 4.74 Å². The van der Waals surface area contributed by atoms with E-state index in [-0.39, 0.29) is 43.5 Å². The quantitative estimate of drug-likeness (QED) is 0.594. The van der Waals surface area contributed by atoms with E-state index >= 15 is 0 Å². The number of rotatable bonds is 9. The summed E-state index contributed by atoms with van der Waals surface area (Å²) in [5.74, 6) is 0.0760. The van der Waals surface area contributed by atoms with Crippen LogP contribution in [0.15, 0.2) is 48.4 Å². The van der Waals surface area contributed by atoms with Gasteiger partial charge in [0.05, 0.1) is 6.04 Å². The molecule has 0 saturated carbocycles. The monoisotopic (exact) mass is 445 g/mol. The lowest BCUT2D eigenvalue weighted by atomic mass is 10.0. The Labute approximate surface area is 186 Å². The van der Waals surface area contributed by atoms with Crippen molar-refractivity contribution in [2.24, 2.45) is 0 Å². The van der Waals surface area contributed by atoms with Crippen LogP contribution in [0.2, 0.25) is 0 Å². The lowest BCUT2D eigenvalue weighted by molar-refractivity contribution is -0.135. The molecule has 1 atom stereocenters. The third kappa shape index (κ3) is 5.85. The van der Waals surface area contributed by atoms with E-state index in [2.05, 4.69) is 11.9 Å². The predicted molar refractivity (Wildman–Crippen MR) is 120 cm³/mol. The highest BCUT2D eigenvalue weighted by Gasteiger charge is 2.33. The molecule has 1 N–H and O–H groups in total. The summed E-state index contributed by atoms with van der Waals surface area (Å²) in [7, 11) is 0. The number of hydrogen-bond acceptors (Lipinski definition) is 4. The van der Waals surface area contributed by atoms with Crippen LogP contribution in [0.1, 0.15) is 29.8 Å². The summed E-state index contributed by atoms with van der Waals surface area (Å²) in [6.07, 6.45) is 3.20. The molecule has 6 nitrogen and oxygen atoms in total. The molecule has 166 valence electrons. The van der Waals surface area contributed by atoms with Gasteiger partial charge in [-0.15, -0.1) is 17.9 Å². The van der Waals surface area contributed by atoms with Crippen molar-refractivity contribution in [3.63, 3.8) is 0 Å². The highest BCUT2D eigenvalue weighted by molar-refractivity contribution is 7.10. The number of urea groups is 1. The van der Waals surface area contributed by atoms with Gasteiger partial charge in [-0.1, -0.05) is 13.0 Å². The van der Waals surface area contributed by atoms with Gasteiger partial charge in [-0.25, -0.2) is 9.18 Å². The number of hydrogen-bond donors (Lipinski definition) is 1. The molecule has 3 amide bonds. The zero-order valence-electron chi connectivity index (χ0n) is 17.7. The molecule has 1 aromatic carbocycles. The van der Waals surface area contributed by atoms with Gasteiger partial charge in [0.2, 0.25) is 5.91 Å². The van der Waals surface area contributed by atoms with Gasteiger partial charge in [0.25, 0.3) is 0 Å². The molecule has 2 heterocycles. The van der Waals surface area contributed by atoms with Gasteiger partial charge in [0.1, 0.15) is 24.7 Å². The number of benzene rings is 1. The van der Waals surface area contributed by atoms with Crippen molar-refractivity contribution in [2.45, 2.75) is 25.8 Å². The molecular formula is C23H28FN3O3S. The van der Waals surface area contributed by atoms with E-state index in [1.165, 1.54) is 21.9 Å². The average Bonchev–Trinajstić information content (AvgIpc) is 3.25. The zero-order valence-corrected chi connectivity index (χ0v) is 18.5. The number of ether oxygens (including phenoxy) is 1. The molecule has 0 fully saturated rings. The first-order valence-electron chi connectivity index (χ1n) is 10.4. The molecule has 1 aromatic heterocycles. The van der Waals surface area contributed by atoms with Crippen molar-refractivity contribution >= 4 is 23.3 Å². The molecule has 3 rings (SSSR count). The number of amides is 3. The smallest absolute Gasteiger partial charge is 0.318 e. The second kappa shape index (κ2) is 10.9. The third-order valence-electron chi connectivity index (χ3n) is 5.13. The number of carbonyl (C=O) groups excluding carboxylic acids is 2. The molecule has 1 unspecified atom stereocenters. The minimum atomic E-state index is -0.328. The van der Waals surface area contributed by atoms with E-state index in [0.29, 0.717) is 18.8 Å². The summed E-state index contributed by atoms with van der Waals surface area (Å²) >= 11 is 1.67. The first-order valence-corrected chi connectivity index (χ1v) is 11.3. The van der Waals surface area contributed by atoms with Crippen LogP contribution < -0.4 is 10.1 Å². The van der Waals surface area contributed by atoms with Gasteiger partial charge in [-0.2, -0.15) is 0 Å². The Kier molecular flexibility index (Phi) is 8.06. The molecule has 0 aliphatic carbocycles. The fourth-order valence-electron chi connectivity index (χ4n) is 3.55. The first kappa shape index (κ1) is 22.8. The van der Waals surface area contributed by atoms with Crippen molar-refractivity contribution in [3.8, 4) is 5.75 Å². The molecule has 1 aliphatic rings. The Hall–Kier alpha value is -2.87. The van der Waals surface area contributed by atoms with E-state index in [0.717, 1.165) is 18.4 Å². The molecule has 2 aromatic rings. The Morgan fingerprint density at radius 2 is 2.13 bits per heavy atom. The Bertz CT molecular complexity index is 900. The standard InChI is InChI=1S/C23H28FN3O3S/c1-3-11-25-23(29)26(12-4-2)15-22(28)27-13-9-21-19(10-14-31-21)20(27)16-30-18-7-5-17(24)6-8-18/h4-8,10,14,20H,2-3,9,11-13,15-16H2,1H3,(H,25,29). The summed E-state index contributed by atoms with van der Waals surface area (Å²) in [5.41, 5.74) is 1.07. The van der Waals surface area contributed by atoms with Gasteiger partial charge >= 0.3 is 6.03 Å². The fraction of sp³-hybridized carbons (Fsp3) is 0.391. The molecular weight excluding hydrogens is 417 g/mol. The summed E-state index contributed by atoms with van der Waals surface area (Å²) in [6, 6.07) is 7.31. The topological polar surface area (TPSA) is 61.9 Å². The van der Waals surface area contributed by atoms with E-state index < -0.39 is 0 Å². The van der Waals surface area contributed by atoms with Gasteiger partial charge in [-0.3, -0.25) is 4.79 Å². The fourth-order valence-corrected chi connectivity index (χ4v) is 4.48. The first-order chi connectivity index (χ1) is 15.0. The van der Waals surface area contributed by atoms with Crippen LogP contribution in [-0.2, 0) is 11.2 Å². The predicted octanol–water partition coefficient (Wildman–Crippen LogP) is 4.00. The van der Waals surface area contributed by atoms with Gasteiger partial charge < -0.3 is 19.9 Å². The van der Waals surface area contributed by atoms with Crippen molar-refractivity contribution in [3.05, 3.63) is 64.6 Å². The normalized spacial score (nSPS) is 15.2. The highest BCUT2D eigenvalue weighted by atomic mass is 32.1. The van der Waals surface area contributed by atoms with Crippen LogP contribution in [0.25, 0.3) is 0 Å². The lowest BCUT2D eigenvalue weighted by Crippen LogP contribution is -2.50. The van der Waals surface area contributed by atoms with Crippen LogP contribution in [-0.4, -0.2) is 54.5 Å². The summed E-state index contributed by atoms with van der Waals surface area (Å²) < 4.78 is 19.1. The van der Waals surface area contributed by atoms with Crippen molar-refractivity contribution in [2.75, 3.05) is 32.8 Å². The van der Waals surface area contributed by atoms with Crippen LogP contribution in [0.5, 0.6) is 5.75 Å². The third-order valence-corrected chi connectivity index (χ3v) is 6.12. The molecule has 0 saturated heterocycles. The van der Waals surface area contributed by atoms with E-state index in [1.54, 1.807) is 34.4 Å². The molecule has 0 bridgehead atoms. The minimum absolute atomic E-state index is 0.0336. The highest BCUT2D eigenvalue weighted by Crippen LogP contribution is 2.34. The second-order valence-electron chi connectivity index (χ2n) is 7.32. The Balaban J connectivity index is 1.73. The molecule has 1 aliphatic heterocycles. The second-order valence-corrected chi connectivity index (χ2v) is 8.32. The number of fused-ring (bicyclic) bond motifs is 1. The van der Waals surface area contributed by atoms with Gasteiger partial charge in [0.15, 0.2) is 0 Å². The van der Waals surface area contributed by atoms with E-state index in [9.17, 15) is 14.0 Å². The van der Waals surface area contributed by atoms with Crippen molar-refractivity contribution in [1.29, 1.82) is 0 Å². The van der Waals surface area contributed by atoms with Crippen LogP contribution in [0.3, 0.4) is 0 Å². The maximum absolute atomic E-state index is 13.2. The Morgan fingerprint density at radius 1 is 1.35 bits per heavy atom. The lowest BCUT2D eigenvalue weighted by Gasteiger charge is -2.37. The van der Waals surface area contributed by atoms with Gasteiger partial charge in [-0.05, 0) is 54.1 Å².